The van der Waals surface area contributed by atoms with E-state index >= 15 is 0 Å². The quantitative estimate of drug-likeness (QED) is 0.536. The smallest absolute Gasteiger partial charge is 0.326 e. The van der Waals surface area contributed by atoms with E-state index in [1.54, 1.807) is 0 Å². The lowest BCUT2D eigenvalue weighted by molar-refractivity contribution is -0.152. The van der Waals surface area contributed by atoms with Gasteiger partial charge in [-0.05, 0) is 19.4 Å². The highest BCUT2D eigenvalue weighted by molar-refractivity contribution is 5.81. The lowest BCUT2D eigenvalue weighted by Gasteiger charge is -2.39. The molecule has 0 saturated carbocycles. The van der Waals surface area contributed by atoms with E-state index in [2.05, 4.69) is 10.1 Å². The number of ether oxygens (including phenoxy) is 1. The first-order valence-electron chi connectivity index (χ1n) is 5.08. The maximum atomic E-state index is 11.1. The highest BCUT2D eigenvalue weighted by Gasteiger charge is 2.42. The molecule has 90 valence electrons. The summed E-state index contributed by atoms with van der Waals surface area (Å²) in [5.74, 6) is -0.124. The van der Waals surface area contributed by atoms with Gasteiger partial charge in [-0.3, -0.25) is 9.59 Å². The van der Waals surface area contributed by atoms with Gasteiger partial charge in [0.05, 0.1) is 7.11 Å². The van der Waals surface area contributed by atoms with Gasteiger partial charge in [0.2, 0.25) is 0 Å². The fourth-order valence-electron chi connectivity index (χ4n) is 1.24. The second-order valence-electron chi connectivity index (χ2n) is 2.71. The summed E-state index contributed by atoms with van der Waals surface area (Å²) < 4.78 is 4.65. The summed E-state index contributed by atoms with van der Waals surface area (Å²) in [6.45, 7) is 6.67. The molecule has 1 rings (SSSR count). The Balaban J connectivity index is 0. The molecule has 0 aromatic carbocycles. The number of carbonyl (C=O) groups excluding carboxylic acids is 1. The Hall–Kier alpha value is -1.10. The molecule has 15 heavy (non-hydrogen) atoms. The van der Waals surface area contributed by atoms with Gasteiger partial charge >= 0.3 is 5.97 Å². The van der Waals surface area contributed by atoms with E-state index in [1.807, 2.05) is 20.8 Å². The molecule has 0 radical (unpaired) electrons. The van der Waals surface area contributed by atoms with Gasteiger partial charge in [0.15, 0.2) is 0 Å². The predicted molar refractivity (Wildman–Crippen MR) is 57.7 cm³/mol. The van der Waals surface area contributed by atoms with Crippen LogP contribution in [0.25, 0.3) is 0 Å². The van der Waals surface area contributed by atoms with Crippen LogP contribution in [0.1, 0.15) is 33.6 Å². The summed E-state index contributed by atoms with van der Waals surface area (Å²) in [7, 11) is 1.43. The molecule has 0 aliphatic carbocycles. The van der Waals surface area contributed by atoms with Gasteiger partial charge in [0.1, 0.15) is 5.54 Å². The average molecular weight is 219 g/mol. The standard InChI is InChI=1S/C7H13NO2.C2H6.CH2O2/c1-3-7(4-5-8-7)6(9)10-2;1-2;2-1-3/h8H,3-5H2,1-2H3;1-2H3;1H,(H,2,3). The van der Waals surface area contributed by atoms with Crippen molar-refractivity contribution in [1.29, 1.82) is 0 Å². The van der Waals surface area contributed by atoms with Gasteiger partial charge in [-0.1, -0.05) is 20.8 Å². The van der Waals surface area contributed by atoms with Gasteiger partial charge < -0.3 is 15.2 Å². The van der Waals surface area contributed by atoms with E-state index in [0.717, 1.165) is 19.4 Å². The summed E-state index contributed by atoms with van der Waals surface area (Å²) >= 11 is 0. The topological polar surface area (TPSA) is 75.6 Å². The van der Waals surface area contributed by atoms with Crippen LogP contribution in [0, 0.1) is 0 Å². The van der Waals surface area contributed by atoms with E-state index in [0.29, 0.717) is 0 Å². The molecule has 1 atom stereocenters. The van der Waals surface area contributed by atoms with Gasteiger partial charge in [-0.15, -0.1) is 0 Å². The molecule has 0 bridgehead atoms. The number of nitrogens with one attached hydrogen (secondary N) is 1. The molecule has 0 aromatic rings. The van der Waals surface area contributed by atoms with Crippen LogP contribution in [0.4, 0.5) is 0 Å². The average Bonchev–Trinajstić information content (AvgIpc) is 2.21. The molecule has 1 fully saturated rings. The third kappa shape index (κ3) is 4.78. The highest BCUT2D eigenvalue weighted by Crippen LogP contribution is 2.23. The van der Waals surface area contributed by atoms with Crippen LogP contribution in [0.15, 0.2) is 0 Å². The zero-order valence-corrected chi connectivity index (χ0v) is 9.87. The zero-order chi connectivity index (χ0) is 12.3. The zero-order valence-electron chi connectivity index (χ0n) is 9.87. The van der Waals surface area contributed by atoms with Crippen LogP contribution in [0.2, 0.25) is 0 Å². The molecule has 0 amide bonds. The van der Waals surface area contributed by atoms with Crippen molar-refractivity contribution in [3.8, 4) is 0 Å². The fraction of sp³-hybridized carbons (Fsp3) is 0.800. The van der Waals surface area contributed by atoms with Crippen molar-refractivity contribution in [1.82, 2.24) is 5.32 Å². The number of carboxylic acid groups (broad SMARTS) is 1. The Morgan fingerprint density at radius 3 is 2.07 bits per heavy atom. The number of esters is 1. The van der Waals surface area contributed by atoms with Crippen molar-refractivity contribution in [2.45, 2.75) is 39.2 Å². The molecule has 1 aliphatic rings. The predicted octanol–water partition coefficient (Wildman–Crippen LogP) is 1.03. The van der Waals surface area contributed by atoms with Gasteiger partial charge in [-0.25, -0.2) is 0 Å². The van der Waals surface area contributed by atoms with Crippen molar-refractivity contribution >= 4 is 12.4 Å². The van der Waals surface area contributed by atoms with Crippen LogP contribution >= 0.6 is 0 Å². The van der Waals surface area contributed by atoms with Crippen molar-refractivity contribution in [2.24, 2.45) is 0 Å². The summed E-state index contributed by atoms with van der Waals surface area (Å²) in [4.78, 5) is 19.4. The number of methoxy groups -OCH3 is 1. The lowest BCUT2D eigenvalue weighted by Crippen LogP contribution is -2.62. The Kier molecular flexibility index (Phi) is 10.3. The molecule has 0 aromatic heterocycles. The van der Waals surface area contributed by atoms with E-state index < -0.39 is 0 Å². The minimum atomic E-state index is -0.339. The Bertz CT molecular complexity index is 173. The van der Waals surface area contributed by atoms with Crippen molar-refractivity contribution in [2.75, 3.05) is 13.7 Å². The number of hydrogen-bond donors (Lipinski definition) is 2. The minimum absolute atomic E-state index is 0.124. The maximum Gasteiger partial charge on any atom is 0.326 e. The fourth-order valence-corrected chi connectivity index (χ4v) is 1.24. The molecule has 1 aliphatic heterocycles. The normalized spacial score (nSPS) is 21.9. The van der Waals surface area contributed by atoms with Gasteiger partial charge in [0, 0.05) is 0 Å². The number of carbonyl (C=O) groups is 2. The maximum absolute atomic E-state index is 11.1. The first-order valence-corrected chi connectivity index (χ1v) is 5.08. The largest absolute Gasteiger partial charge is 0.483 e. The highest BCUT2D eigenvalue weighted by atomic mass is 16.5. The summed E-state index contributed by atoms with van der Waals surface area (Å²) in [5.41, 5.74) is -0.339. The van der Waals surface area contributed by atoms with Crippen molar-refractivity contribution < 1.29 is 19.4 Å². The molecule has 0 spiro atoms. The van der Waals surface area contributed by atoms with E-state index in [9.17, 15) is 4.79 Å². The van der Waals surface area contributed by atoms with E-state index in [1.165, 1.54) is 7.11 Å². The lowest BCUT2D eigenvalue weighted by atomic mass is 9.85. The molecule has 1 heterocycles. The monoisotopic (exact) mass is 219 g/mol. The second kappa shape index (κ2) is 9.45. The Morgan fingerprint density at radius 1 is 1.60 bits per heavy atom. The van der Waals surface area contributed by atoms with Gasteiger partial charge in [-0.2, -0.15) is 0 Å². The summed E-state index contributed by atoms with van der Waals surface area (Å²) in [6, 6.07) is 0. The van der Waals surface area contributed by atoms with Crippen molar-refractivity contribution in [3.63, 3.8) is 0 Å². The minimum Gasteiger partial charge on any atom is -0.483 e. The Morgan fingerprint density at radius 2 is 2.00 bits per heavy atom. The SMILES string of the molecule is CC.CCC1(C(=O)OC)CCN1.O=CO. The number of hydrogen-bond acceptors (Lipinski definition) is 4. The summed E-state index contributed by atoms with van der Waals surface area (Å²) in [5, 5.41) is 9.97. The second-order valence-corrected chi connectivity index (χ2v) is 2.71. The van der Waals surface area contributed by atoms with Crippen LogP contribution < -0.4 is 5.32 Å². The molecule has 5 nitrogen and oxygen atoms in total. The molecule has 2 N–H and O–H groups in total. The van der Waals surface area contributed by atoms with Crippen molar-refractivity contribution in [3.05, 3.63) is 0 Å². The van der Waals surface area contributed by atoms with Crippen LogP contribution in [-0.4, -0.2) is 36.7 Å². The third-order valence-corrected chi connectivity index (χ3v) is 2.19. The first-order chi connectivity index (χ1) is 7.16. The molecular formula is C10H21NO4. The van der Waals surface area contributed by atoms with Gasteiger partial charge in [0.25, 0.3) is 6.47 Å². The van der Waals surface area contributed by atoms with Crippen LogP contribution in [0.3, 0.4) is 0 Å². The molecule has 1 saturated heterocycles. The summed E-state index contributed by atoms with van der Waals surface area (Å²) in [6.07, 6.45) is 1.73. The van der Waals surface area contributed by atoms with Crippen LogP contribution in [-0.2, 0) is 14.3 Å². The van der Waals surface area contributed by atoms with E-state index in [4.69, 9.17) is 9.90 Å². The van der Waals surface area contributed by atoms with E-state index in [-0.39, 0.29) is 18.0 Å². The van der Waals surface area contributed by atoms with Crippen LogP contribution in [0.5, 0.6) is 0 Å². The third-order valence-electron chi connectivity index (χ3n) is 2.19. The number of rotatable bonds is 2. The molecule has 5 heteroatoms. The molecular weight excluding hydrogens is 198 g/mol. The Labute approximate surface area is 90.8 Å². The first kappa shape index (κ1) is 16.3. The molecule has 1 unspecified atom stereocenters.